The molecule has 2 amide bonds. The first kappa shape index (κ1) is 12.8. The van der Waals surface area contributed by atoms with Crippen LogP contribution >= 0.6 is 0 Å². The highest BCUT2D eigenvalue weighted by Crippen LogP contribution is 2.14. The quantitative estimate of drug-likeness (QED) is 0.796. The van der Waals surface area contributed by atoms with Gasteiger partial charge in [-0.1, -0.05) is 18.6 Å². The molecule has 0 spiro atoms. The van der Waals surface area contributed by atoms with Crippen LogP contribution in [0, 0.1) is 0 Å². The number of aryl methyl sites for hydroxylation is 1. The monoisotopic (exact) mass is 270 g/mol. The fourth-order valence-electron chi connectivity index (χ4n) is 2.66. The number of amides is 2. The number of urea groups is 1. The summed E-state index contributed by atoms with van der Waals surface area (Å²) < 4.78 is 2.10. The molecule has 1 aromatic carbocycles. The van der Waals surface area contributed by atoms with E-state index in [9.17, 15) is 4.79 Å². The second kappa shape index (κ2) is 5.45. The number of benzene rings is 1. The molecule has 2 aromatic rings. The number of nitrogens with one attached hydrogen (secondary N) is 1. The Morgan fingerprint density at radius 1 is 1.30 bits per heavy atom. The van der Waals surface area contributed by atoms with Crippen LogP contribution in [0.15, 0.2) is 29.3 Å². The van der Waals surface area contributed by atoms with Crippen molar-refractivity contribution >= 4 is 16.9 Å². The van der Waals surface area contributed by atoms with Crippen molar-refractivity contribution in [3.63, 3.8) is 0 Å². The number of carbonyl (C=O) groups is 1. The molecule has 0 unspecified atom stereocenters. The van der Waals surface area contributed by atoms with E-state index in [2.05, 4.69) is 14.9 Å². The number of nitrogens with zero attached hydrogens (tertiary/aromatic N) is 3. The molecule has 5 nitrogen and oxygen atoms in total. The van der Waals surface area contributed by atoms with Crippen LogP contribution in [0.4, 0.5) is 4.79 Å². The highest BCUT2D eigenvalue weighted by atomic mass is 16.2. The summed E-state index contributed by atoms with van der Waals surface area (Å²) in [6.45, 7) is 0.878. The first-order valence-corrected chi connectivity index (χ1v) is 7.04. The Morgan fingerprint density at radius 3 is 3.00 bits per heavy atom. The first-order chi connectivity index (χ1) is 9.79. The molecule has 0 fully saturated rings. The van der Waals surface area contributed by atoms with Crippen molar-refractivity contribution < 1.29 is 4.79 Å². The third-order valence-electron chi connectivity index (χ3n) is 3.67. The van der Waals surface area contributed by atoms with E-state index in [1.165, 1.54) is 6.42 Å². The number of fused-ring (bicyclic) bond motifs is 2. The molecule has 20 heavy (non-hydrogen) atoms. The average molecular weight is 270 g/mol. The van der Waals surface area contributed by atoms with Crippen LogP contribution in [0.2, 0.25) is 0 Å². The van der Waals surface area contributed by atoms with E-state index >= 15 is 0 Å². The van der Waals surface area contributed by atoms with Crippen LogP contribution in [-0.4, -0.2) is 22.6 Å². The summed E-state index contributed by atoms with van der Waals surface area (Å²) >= 11 is 0. The number of hydrogen-bond donors (Lipinski definition) is 1. The molecule has 0 bridgehead atoms. The summed E-state index contributed by atoms with van der Waals surface area (Å²) in [6.07, 6.45) is 4.39. The van der Waals surface area contributed by atoms with Gasteiger partial charge in [0.1, 0.15) is 11.3 Å². The maximum Gasteiger partial charge on any atom is 0.342 e. The van der Waals surface area contributed by atoms with Crippen molar-refractivity contribution in [2.24, 2.45) is 4.99 Å². The summed E-state index contributed by atoms with van der Waals surface area (Å²) in [7, 11) is 1.60. The molecule has 1 N–H and O–H groups in total. The predicted octanol–water partition coefficient (Wildman–Crippen LogP) is 2.00. The zero-order valence-corrected chi connectivity index (χ0v) is 11.6. The van der Waals surface area contributed by atoms with Gasteiger partial charge in [0, 0.05) is 25.4 Å². The van der Waals surface area contributed by atoms with E-state index in [1.54, 1.807) is 7.05 Å². The molecule has 0 radical (unpaired) electrons. The fraction of sp³-hybridized carbons (Fsp3) is 0.400. The zero-order chi connectivity index (χ0) is 13.9. The predicted molar refractivity (Wildman–Crippen MR) is 77.3 cm³/mol. The van der Waals surface area contributed by atoms with Gasteiger partial charge in [-0.3, -0.25) is 0 Å². The Morgan fingerprint density at radius 2 is 2.15 bits per heavy atom. The molecule has 1 aliphatic heterocycles. The topological polar surface area (TPSA) is 59.3 Å². The van der Waals surface area contributed by atoms with Crippen molar-refractivity contribution in [3.05, 3.63) is 35.6 Å². The Bertz CT molecular complexity index is 717. The van der Waals surface area contributed by atoms with Gasteiger partial charge in [-0.05, 0) is 25.0 Å². The van der Waals surface area contributed by atoms with Gasteiger partial charge >= 0.3 is 6.03 Å². The average Bonchev–Trinajstić information content (AvgIpc) is 2.72. The number of hydrogen-bond acceptors (Lipinski definition) is 2. The van der Waals surface area contributed by atoms with E-state index in [0.29, 0.717) is 0 Å². The van der Waals surface area contributed by atoms with Crippen LogP contribution in [0.1, 0.15) is 25.1 Å². The van der Waals surface area contributed by atoms with Gasteiger partial charge in [0.25, 0.3) is 0 Å². The van der Waals surface area contributed by atoms with Gasteiger partial charge in [-0.25, -0.2) is 9.78 Å². The normalized spacial score (nSPS) is 15.8. The summed E-state index contributed by atoms with van der Waals surface area (Å²) in [5.41, 5.74) is 1.63. The van der Waals surface area contributed by atoms with Crippen molar-refractivity contribution in [1.82, 2.24) is 14.9 Å². The molecular formula is C15H18N4O. The van der Waals surface area contributed by atoms with Crippen molar-refractivity contribution in [2.75, 3.05) is 7.05 Å². The second-order valence-corrected chi connectivity index (χ2v) is 5.00. The van der Waals surface area contributed by atoms with Crippen molar-refractivity contribution in [2.45, 2.75) is 32.2 Å². The number of rotatable bonds is 0. The van der Waals surface area contributed by atoms with Crippen LogP contribution < -0.4 is 10.8 Å². The molecule has 2 heterocycles. The molecular weight excluding hydrogens is 252 g/mol. The smallest absolute Gasteiger partial charge is 0.339 e. The van der Waals surface area contributed by atoms with Crippen molar-refractivity contribution in [3.8, 4) is 0 Å². The van der Waals surface area contributed by atoms with Gasteiger partial charge < -0.3 is 9.88 Å². The highest BCUT2D eigenvalue weighted by molar-refractivity contribution is 5.80. The Hall–Kier alpha value is -2.17. The van der Waals surface area contributed by atoms with Gasteiger partial charge in [0.2, 0.25) is 0 Å². The van der Waals surface area contributed by atoms with E-state index in [4.69, 9.17) is 4.98 Å². The maximum atomic E-state index is 11.7. The Balaban J connectivity index is 2.35. The Labute approximate surface area is 117 Å². The lowest BCUT2D eigenvalue weighted by Crippen LogP contribution is -2.29. The van der Waals surface area contributed by atoms with Crippen LogP contribution in [0.5, 0.6) is 0 Å². The summed E-state index contributed by atoms with van der Waals surface area (Å²) in [4.78, 5) is 20.7. The minimum absolute atomic E-state index is 0.319. The van der Waals surface area contributed by atoms with Crippen LogP contribution in [0.3, 0.4) is 0 Å². The molecule has 5 heteroatoms. The number of aromatic nitrogens is 2. The van der Waals surface area contributed by atoms with Gasteiger partial charge in [-0.2, -0.15) is 4.99 Å². The zero-order valence-electron chi connectivity index (χ0n) is 11.6. The van der Waals surface area contributed by atoms with Crippen LogP contribution in [0.25, 0.3) is 10.9 Å². The lowest BCUT2D eigenvalue weighted by Gasteiger charge is -2.12. The molecule has 1 aliphatic rings. The number of para-hydroxylation sites is 1. The third kappa shape index (κ3) is 2.31. The molecule has 0 saturated carbocycles. The van der Waals surface area contributed by atoms with Gasteiger partial charge in [0.15, 0.2) is 0 Å². The third-order valence-corrected chi connectivity index (χ3v) is 3.67. The molecule has 3 rings (SSSR count). The number of carbonyl (C=O) groups excluding carboxylic acids is 1. The first-order valence-electron chi connectivity index (χ1n) is 7.04. The van der Waals surface area contributed by atoms with E-state index < -0.39 is 0 Å². The molecule has 0 atom stereocenters. The standard InChI is InChI=1S/C15H18N4O/c1-16-15(20)18-14-11-7-4-5-8-12(11)17-13-9-3-2-6-10-19(13)14/h4-5,7-8H,2-3,6,9-10H2,1H3,(H,16,20)/b18-14-. The summed E-state index contributed by atoms with van der Waals surface area (Å²) in [6, 6.07) is 7.55. The molecule has 0 aliphatic carbocycles. The van der Waals surface area contributed by atoms with Gasteiger partial charge in [0.05, 0.1) is 5.52 Å². The second-order valence-electron chi connectivity index (χ2n) is 5.00. The maximum absolute atomic E-state index is 11.7. The molecule has 104 valence electrons. The summed E-state index contributed by atoms with van der Waals surface area (Å²) in [5.74, 6) is 1.03. The minimum Gasteiger partial charge on any atom is -0.339 e. The van der Waals surface area contributed by atoms with E-state index in [1.807, 2.05) is 24.3 Å². The molecule has 0 saturated heterocycles. The minimum atomic E-state index is -0.319. The van der Waals surface area contributed by atoms with E-state index in [-0.39, 0.29) is 6.03 Å². The van der Waals surface area contributed by atoms with Crippen molar-refractivity contribution in [1.29, 1.82) is 0 Å². The van der Waals surface area contributed by atoms with Crippen LogP contribution in [-0.2, 0) is 13.0 Å². The Kier molecular flexibility index (Phi) is 3.50. The van der Waals surface area contributed by atoms with Gasteiger partial charge in [-0.15, -0.1) is 0 Å². The highest BCUT2D eigenvalue weighted by Gasteiger charge is 2.12. The lowest BCUT2D eigenvalue weighted by molar-refractivity contribution is 0.250. The lowest BCUT2D eigenvalue weighted by atomic mass is 10.2. The molecule has 1 aromatic heterocycles. The largest absolute Gasteiger partial charge is 0.342 e. The summed E-state index contributed by atoms with van der Waals surface area (Å²) in [5, 5.41) is 3.49. The SMILES string of the molecule is CNC(=O)/N=c1/c2ccccc2nc2n1CCCCC2. The van der Waals surface area contributed by atoms with E-state index in [0.717, 1.165) is 48.0 Å². The fourth-order valence-corrected chi connectivity index (χ4v) is 2.66.